The number of nitrogens with one attached hydrogen (secondary N) is 1. The number of piperidine rings is 1. The van der Waals surface area contributed by atoms with Crippen LogP contribution in [-0.2, 0) is 17.8 Å². The second-order valence-corrected chi connectivity index (χ2v) is 7.01. The fourth-order valence-corrected chi connectivity index (χ4v) is 3.52. The van der Waals surface area contributed by atoms with Gasteiger partial charge < -0.3 is 10.1 Å². The zero-order chi connectivity index (χ0) is 19.9. The van der Waals surface area contributed by atoms with Crippen LogP contribution in [0.15, 0.2) is 48.5 Å². The number of carbonyl (C=O) groups is 1. The van der Waals surface area contributed by atoms with Gasteiger partial charge in [0, 0.05) is 30.8 Å². The topological polar surface area (TPSA) is 84.7 Å². The number of ether oxygens (including phenoxy) is 1. The van der Waals surface area contributed by atoms with Crippen LogP contribution in [-0.4, -0.2) is 42.0 Å². The first-order chi connectivity index (χ1) is 13.6. The van der Waals surface area contributed by atoms with E-state index < -0.39 is 10.9 Å². The first-order valence-electron chi connectivity index (χ1n) is 9.42. The number of benzene rings is 2. The van der Waals surface area contributed by atoms with Crippen molar-refractivity contribution in [2.24, 2.45) is 0 Å². The number of esters is 1. The van der Waals surface area contributed by atoms with Crippen molar-refractivity contribution >= 4 is 11.7 Å². The van der Waals surface area contributed by atoms with Crippen molar-refractivity contribution in [3.05, 3.63) is 75.3 Å². The first kappa shape index (κ1) is 20.0. The molecule has 0 unspecified atom stereocenters. The molecule has 1 saturated heterocycles. The summed E-state index contributed by atoms with van der Waals surface area (Å²) in [5, 5.41) is 14.8. The van der Waals surface area contributed by atoms with Gasteiger partial charge in [-0.15, -0.1) is 0 Å². The molecule has 1 aliphatic rings. The van der Waals surface area contributed by atoms with Gasteiger partial charge in [-0.1, -0.05) is 36.4 Å². The summed E-state index contributed by atoms with van der Waals surface area (Å²) >= 11 is 0. The van der Waals surface area contributed by atoms with Gasteiger partial charge in [0.1, 0.15) is 0 Å². The lowest BCUT2D eigenvalue weighted by Crippen LogP contribution is -2.41. The van der Waals surface area contributed by atoms with Crippen LogP contribution in [0.1, 0.15) is 34.3 Å². The summed E-state index contributed by atoms with van der Waals surface area (Å²) in [7, 11) is 1.26. The van der Waals surface area contributed by atoms with Gasteiger partial charge in [-0.3, -0.25) is 15.0 Å². The summed E-state index contributed by atoms with van der Waals surface area (Å²) in [6.07, 6.45) is 2.00. The second kappa shape index (κ2) is 9.43. The van der Waals surface area contributed by atoms with Crippen LogP contribution in [0.25, 0.3) is 0 Å². The van der Waals surface area contributed by atoms with Crippen molar-refractivity contribution in [3.8, 4) is 0 Å². The number of nitrogens with zero attached hydrogens (tertiary/aromatic N) is 2. The molecule has 1 aliphatic heterocycles. The van der Waals surface area contributed by atoms with E-state index in [4.69, 9.17) is 0 Å². The van der Waals surface area contributed by atoms with Crippen LogP contribution in [0.4, 0.5) is 5.69 Å². The highest BCUT2D eigenvalue weighted by Gasteiger charge is 2.21. The number of rotatable bonds is 7. The number of likely N-dealkylation sites (tertiary alicyclic amines) is 1. The molecule has 28 heavy (non-hydrogen) atoms. The Morgan fingerprint density at radius 2 is 1.93 bits per heavy atom. The third-order valence-corrected chi connectivity index (χ3v) is 5.12. The summed E-state index contributed by atoms with van der Waals surface area (Å²) in [6, 6.07) is 15.2. The fraction of sp³-hybridized carbons (Fsp3) is 0.381. The Morgan fingerprint density at radius 3 is 2.57 bits per heavy atom. The molecular weight excluding hydrogens is 358 g/mol. The molecule has 148 valence electrons. The van der Waals surface area contributed by atoms with Gasteiger partial charge >= 0.3 is 5.97 Å². The lowest BCUT2D eigenvalue weighted by molar-refractivity contribution is -0.385. The van der Waals surface area contributed by atoms with Gasteiger partial charge in [-0.2, -0.15) is 0 Å². The number of carbonyl (C=O) groups excluding carboxylic acids is 1. The Bertz CT molecular complexity index is 818. The number of nitro groups is 1. The minimum absolute atomic E-state index is 0.0584. The van der Waals surface area contributed by atoms with Crippen LogP contribution in [0.5, 0.6) is 0 Å². The maximum atomic E-state index is 11.6. The minimum Gasteiger partial charge on any atom is -0.465 e. The number of hydrogen-bond donors (Lipinski definition) is 1. The first-order valence-corrected chi connectivity index (χ1v) is 9.42. The highest BCUT2D eigenvalue weighted by Crippen LogP contribution is 2.22. The van der Waals surface area contributed by atoms with E-state index >= 15 is 0 Å². The predicted molar refractivity (Wildman–Crippen MR) is 106 cm³/mol. The summed E-state index contributed by atoms with van der Waals surface area (Å²) in [4.78, 5) is 25.0. The quantitative estimate of drug-likeness (QED) is 0.449. The molecule has 3 rings (SSSR count). The summed E-state index contributed by atoms with van der Waals surface area (Å²) < 4.78 is 4.64. The zero-order valence-electron chi connectivity index (χ0n) is 16.0. The van der Waals surface area contributed by atoms with E-state index in [1.165, 1.54) is 18.7 Å². The van der Waals surface area contributed by atoms with E-state index in [-0.39, 0.29) is 11.3 Å². The van der Waals surface area contributed by atoms with Gasteiger partial charge in [0.2, 0.25) is 0 Å². The molecule has 1 heterocycles. The molecular formula is C21H25N3O4. The van der Waals surface area contributed by atoms with Crippen molar-refractivity contribution < 1.29 is 14.5 Å². The fourth-order valence-electron chi connectivity index (χ4n) is 3.52. The third-order valence-electron chi connectivity index (χ3n) is 5.12. The lowest BCUT2D eigenvalue weighted by atomic mass is 10.0. The molecule has 0 amide bonds. The Kier molecular flexibility index (Phi) is 6.73. The standard InChI is InChI=1S/C21H25N3O4/c1-28-21(25)17-7-8-18(20(13-17)24(26)27)14-22-19-9-11-23(12-10-19)15-16-5-3-2-4-6-16/h2-8,13,19,22H,9-12,14-15H2,1H3. The average Bonchev–Trinajstić information content (AvgIpc) is 2.73. The van der Waals surface area contributed by atoms with E-state index in [9.17, 15) is 14.9 Å². The van der Waals surface area contributed by atoms with E-state index in [2.05, 4.69) is 39.2 Å². The normalized spacial score (nSPS) is 15.3. The number of methoxy groups -OCH3 is 1. The molecule has 1 N–H and O–H groups in total. The van der Waals surface area contributed by atoms with Gasteiger partial charge in [0.15, 0.2) is 0 Å². The van der Waals surface area contributed by atoms with E-state index in [0.717, 1.165) is 32.5 Å². The molecule has 0 spiro atoms. The molecule has 0 aromatic heterocycles. The van der Waals surface area contributed by atoms with Gasteiger partial charge in [-0.25, -0.2) is 4.79 Å². The zero-order valence-corrected chi connectivity index (χ0v) is 16.0. The van der Waals surface area contributed by atoms with E-state index in [0.29, 0.717) is 18.2 Å². The number of nitro benzene ring substituents is 1. The SMILES string of the molecule is COC(=O)c1ccc(CNC2CCN(Cc3ccccc3)CC2)c([N+](=O)[O-])c1. The van der Waals surface area contributed by atoms with Crippen LogP contribution >= 0.6 is 0 Å². The highest BCUT2D eigenvalue weighted by atomic mass is 16.6. The molecule has 2 aromatic rings. The largest absolute Gasteiger partial charge is 0.465 e. The molecule has 0 saturated carbocycles. The van der Waals surface area contributed by atoms with Crippen molar-refractivity contribution in [1.29, 1.82) is 0 Å². The van der Waals surface area contributed by atoms with Gasteiger partial charge in [-0.05, 0) is 37.6 Å². The maximum absolute atomic E-state index is 11.6. The maximum Gasteiger partial charge on any atom is 0.338 e. The molecule has 7 nitrogen and oxygen atoms in total. The third kappa shape index (κ3) is 5.15. The molecule has 7 heteroatoms. The smallest absolute Gasteiger partial charge is 0.338 e. The summed E-state index contributed by atoms with van der Waals surface area (Å²) in [5.74, 6) is -0.576. The number of hydrogen-bond acceptors (Lipinski definition) is 6. The van der Waals surface area contributed by atoms with E-state index in [1.54, 1.807) is 12.1 Å². The molecule has 0 atom stereocenters. The van der Waals surface area contributed by atoms with Crippen LogP contribution in [0, 0.1) is 10.1 Å². The average molecular weight is 383 g/mol. The van der Waals surface area contributed by atoms with Crippen LogP contribution in [0.2, 0.25) is 0 Å². The highest BCUT2D eigenvalue weighted by molar-refractivity contribution is 5.90. The Hall–Kier alpha value is -2.77. The van der Waals surface area contributed by atoms with Crippen LogP contribution < -0.4 is 5.32 Å². The summed E-state index contributed by atoms with van der Waals surface area (Å²) in [5.41, 5.74) is 2.02. The molecule has 1 fully saturated rings. The van der Waals surface area contributed by atoms with Gasteiger partial charge in [0.25, 0.3) is 5.69 Å². The monoisotopic (exact) mass is 383 g/mol. The molecule has 0 bridgehead atoms. The predicted octanol–water partition coefficient (Wildman–Crippen LogP) is 3.14. The molecule has 0 aliphatic carbocycles. The van der Waals surface area contributed by atoms with Crippen molar-refractivity contribution in [2.45, 2.75) is 32.0 Å². The minimum atomic E-state index is -0.576. The van der Waals surface area contributed by atoms with Crippen molar-refractivity contribution in [3.63, 3.8) is 0 Å². The molecule has 2 aromatic carbocycles. The van der Waals surface area contributed by atoms with Crippen LogP contribution in [0.3, 0.4) is 0 Å². The summed E-state index contributed by atoms with van der Waals surface area (Å²) in [6.45, 7) is 3.35. The Balaban J connectivity index is 1.53. The van der Waals surface area contributed by atoms with Gasteiger partial charge in [0.05, 0.1) is 17.6 Å². The lowest BCUT2D eigenvalue weighted by Gasteiger charge is -2.32. The molecule has 0 radical (unpaired) electrons. The Labute approximate surface area is 164 Å². The second-order valence-electron chi connectivity index (χ2n) is 7.01. The van der Waals surface area contributed by atoms with Crippen molar-refractivity contribution in [1.82, 2.24) is 10.2 Å². The Morgan fingerprint density at radius 1 is 1.21 bits per heavy atom. The van der Waals surface area contributed by atoms with E-state index in [1.807, 2.05) is 6.07 Å². The van der Waals surface area contributed by atoms with Crippen molar-refractivity contribution in [2.75, 3.05) is 20.2 Å².